The second kappa shape index (κ2) is 6.79. The summed E-state index contributed by atoms with van der Waals surface area (Å²) < 4.78 is 31.9. The highest BCUT2D eigenvalue weighted by Gasteiger charge is 2.38. The van der Waals surface area contributed by atoms with Crippen LogP contribution in [0.15, 0.2) is 18.2 Å². The Labute approximate surface area is 118 Å². The Morgan fingerprint density at radius 3 is 2.30 bits per heavy atom. The minimum Gasteiger partial charge on any atom is -0.464 e. The first-order valence-corrected chi connectivity index (χ1v) is 6.75. The molecule has 3 nitrogen and oxygen atoms in total. The molecule has 0 spiro atoms. The minimum atomic E-state index is -1.28. The Morgan fingerprint density at radius 2 is 1.85 bits per heavy atom. The maximum atomic E-state index is 13.4. The first-order valence-electron chi connectivity index (χ1n) is 6.75. The van der Waals surface area contributed by atoms with Crippen LogP contribution < -0.4 is 5.32 Å². The molecule has 1 aromatic carbocycles. The molecule has 112 valence electrons. The number of esters is 1. The van der Waals surface area contributed by atoms with Crippen molar-refractivity contribution in [1.82, 2.24) is 5.32 Å². The van der Waals surface area contributed by atoms with Crippen molar-refractivity contribution in [2.45, 2.75) is 45.7 Å². The van der Waals surface area contributed by atoms with Gasteiger partial charge in [-0.1, -0.05) is 6.92 Å². The fraction of sp³-hybridized carbons (Fsp3) is 0.533. The summed E-state index contributed by atoms with van der Waals surface area (Å²) in [5, 5.41) is 3.09. The number of hydrogen-bond acceptors (Lipinski definition) is 3. The van der Waals surface area contributed by atoms with Gasteiger partial charge in [0.2, 0.25) is 0 Å². The zero-order valence-corrected chi connectivity index (χ0v) is 12.3. The maximum Gasteiger partial charge on any atom is 0.330 e. The summed E-state index contributed by atoms with van der Waals surface area (Å²) in [5.74, 6) is -1.99. The van der Waals surface area contributed by atoms with Crippen LogP contribution >= 0.6 is 0 Å². The van der Waals surface area contributed by atoms with Crippen molar-refractivity contribution in [1.29, 1.82) is 0 Å². The predicted octanol–water partition coefficient (Wildman–Crippen LogP) is 3.13. The molecule has 0 bridgehead atoms. The lowest BCUT2D eigenvalue weighted by molar-refractivity contribution is -0.151. The fourth-order valence-corrected chi connectivity index (χ4v) is 1.97. The highest BCUT2D eigenvalue weighted by Crippen LogP contribution is 2.25. The number of ether oxygens (including phenoxy) is 1. The molecule has 0 saturated carbocycles. The number of benzene rings is 1. The molecule has 0 aliphatic heterocycles. The Bertz CT molecular complexity index is 459. The van der Waals surface area contributed by atoms with Crippen LogP contribution in [0.4, 0.5) is 8.78 Å². The maximum absolute atomic E-state index is 13.4. The van der Waals surface area contributed by atoms with E-state index in [0.29, 0.717) is 0 Å². The quantitative estimate of drug-likeness (QED) is 0.816. The number of hydrogen-bond donors (Lipinski definition) is 1. The first kappa shape index (κ1) is 16.6. The summed E-state index contributed by atoms with van der Waals surface area (Å²) in [7, 11) is 0. The van der Waals surface area contributed by atoms with Crippen molar-refractivity contribution in [3.05, 3.63) is 35.4 Å². The van der Waals surface area contributed by atoms with Crippen LogP contribution in [0.25, 0.3) is 0 Å². The zero-order chi connectivity index (χ0) is 15.3. The summed E-state index contributed by atoms with van der Waals surface area (Å²) in [6, 6.07) is 3.07. The summed E-state index contributed by atoms with van der Waals surface area (Å²) in [5.41, 5.74) is -1.07. The Kier molecular flexibility index (Phi) is 5.62. The largest absolute Gasteiger partial charge is 0.464 e. The average molecular weight is 285 g/mol. The molecule has 1 aromatic rings. The molecule has 5 heteroatoms. The van der Waals surface area contributed by atoms with Gasteiger partial charge in [0.05, 0.1) is 6.61 Å². The molecule has 2 atom stereocenters. The van der Waals surface area contributed by atoms with Crippen molar-refractivity contribution in [2.75, 3.05) is 6.61 Å². The normalized spacial score (nSPS) is 15.5. The highest BCUT2D eigenvalue weighted by molar-refractivity contribution is 5.82. The predicted molar refractivity (Wildman–Crippen MR) is 73.2 cm³/mol. The van der Waals surface area contributed by atoms with Crippen molar-refractivity contribution < 1.29 is 18.3 Å². The van der Waals surface area contributed by atoms with Gasteiger partial charge in [0.25, 0.3) is 0 Å². The molecule has 1 rings (SSSR count). The van der Waals surface area contributed by atoms with E-state index in [0.717, 1.165) is 24.6 Å². The molecule has 0 aliphatic carbocycles. The summed E-state index contributed by atoms with van der Waals surface area (Å²) >= 11 is 0. The van der Waals surface area contributed by atoms with Crippen molar-refractivity contribution >= 4 is 5.97 Å². The molecule has 0 saturated heterocycles. The third kappa shape index (κ3) is 3.76. The van der Waals surface area contributed by atoms with Crippen molar-refractivity contribution in [3.63, 3.8) is 0 Å². The van der Waals surface area contributed by atoms with Gasteiger partial charge >= 0.3 is 5.97 Å². The van der Waals surface area contributed by atoms with Gasteiger partial charge in [-0.25, -0.2) is 13.6 Å². The summed E-state index contributed by atoms with van der Waals surface area (Å²) in [6.45, 7) is 7.32. The Morgan fingerprint density at radius 1 is 1.30 bits per heavy atom. The highest BCUT2D eigenvalue weighted by atomic mass is 19.1. The van der Waals surface area contributed by atoms with E-state index in [-0.39, 0.29) is 18.2 Å². The van der Waals surface area contributed by atoms with E-state index in [2.05, 4.69) is 5.32 Å². The van der Waals surface area contributed by atoms with E-state index >= 15 is 0 Å². The van der Waals surface area contributed by atoms with E-state index in [1.54, 1.807) is 13.8 Å². The van der Waals surface area contributed by atoms with E-state index in [1.165, 1.54) is 0 Å². The van der Waals surface area contributed by atoms with Gasteiger partial charge in [0, 0.05) is 12.1 Å². The van der Waals surface area contributed by atoms with Crippen LogP contribution in [-0.4, -0.2) is 18.6 Å². The van der Waals surface area contributed by atoms with E-state index in [4.69, 9.17) is 4.74 Å². The van der Waals surface area contributed by atoms with E-state index in [1.807, 2.05) is 13.8 Å². The molecule has 0 amide bonds. The standard InChI is InChI=1S/C15H21F2NO2/c1-5-10(3)18-15(4,14(19)20-6-2)11-7-12(16)9-13(17)8-11/h7-10,18H,5-6H2,1-4H3. The van der Waals surface area contributed by atoms with Crippen LogP contribution in [0.3, 0.4) is 0 Å². The third-order valence-corrected chi connectivity index (χ3v) is 3.27. The van der Waals surface area contributed by atoms with Crippen LogP contribution in [-0.2, 0) is 15.1 Å². The topological polar surface area (TPSA) is 38.3 Å². The molecule has 0 aromatic heterocycles. The number of carbonyl (C=O) groups excluding carboxylic acids is 1. The molecule has 0 heterocycles. The van der Waals surface area contributed by atoms with Crippen LogP contribution in [0.5, 0.6) is 0 Å². The average Bonchev–Trinajstić information content (AvgIpc) is 2.37. The van der Waals surface area contributed by atoms with Crippen LogP contribution in [0.2, 0.25) is 0 Å². The third-order valence-electron chi connectivity index (χ3n) is 3.27. The first-order chi connectivity index (χ1) is 9.33. The minimum absolute atomic E-state index is 0.00395. The SMILES string of the molecule is CCOC(=O)C(C)(NC(C)CC)c1cc(F)cc(F)c1. The molecular weight excluding hydrogens is 264 g/mol. The Balaban J connectivity index is 3.24. The monoisotopic (exact) mass is 285 g/mol. The smallest absolute Gasteiger partial charge is 0.330 e. The molecule has 1 N–H and O–H groups in total. The van der Waals surface area contributed by atoms with E-state index < -0.39 is 23.1 Å². The zero-order valence-electron chi connectivity index (χ0n) is 12.3. The number of nitrogens with one attached hydrogen (secondary N) is 1. The van der Waals surface area contributed by atoms with Gasteiger partial charge in [0.15, 0.2) is 0 Å². The molecular formula is C15H21F2NO2. The Hall–Kier alpha value is -1.49. The number of halogens is 2. The fourth-order valence-electron chi connectivity index (χ4n) is 1.97. The van der Waals surface area contributed by atoms with Gasteiger partial charge in [-0.3, -0.25) is 5.32 Å². The molecule has 2 unspecified atom stereocenters. The van der Waals surface area contributed by atoms with Crippen molar-refractivity contribution in [3.8, 4) is 0 Å². The molecule has 0 radical (unpaired) electrons. The second-order valence-corrected chi connectivity index (χ2v) is 4.96. The van der Waals surface area contributed by atoms with Crippen LogP contribution in [0, 0.1) is 11.6 Å². The van der Waals surface area contributed by atoms with Crippen LogP contribution in [0.1, 0.15) is 39.7 Å². The lowest BCUT2D eigenvalue weighted by Crippen LogP contribution is -2.51. The summed E-state index contributed by atoms with van der Waals surface area (Å²) in [4.78, 5) is 12.2. The molecule has 0 aliphatic rings. The van der Waals surface area contributed by atoms with Gasteiger partial charge < -0.3 is 4.74 Å². The number of rotatable bonds is 6. The molecule has 0 fully saturated rings. The second-order valence-electron chi connectivity index (χ2n) is 4.96. The van der Waals surface area contributed by atoms with Gasteiger partial charge in [-0.15, -0.1) is 0 Å². The van der Waals surface area contributed by atoms with Gasteiger partial charge in [-0.05, 0) is 44.9 Å². The van der Waals surface area contributed by atoms with Gasteiger partial charge in [0.1, 0.15) is 17.2 Å². The molecule has 20 heavy (non-hydrogen) atoms. The van der Waals surface area contributed by atoms with Crippen molar-refractivity contribution in [2.24, 2.45) is 0 Å². The van der Waals surface area contributed by atoms with E-state index in [9.17, 15) is 13.6 Å². The lowest BCUT2D eigenvalue weighted by Gasteiger charge is -2.32. The summed E-state index contributed by atoms with van der Waals surface area (Å²) in [6.07, 6.45) is 0.771. The van der Waals surface area contributed by atoms with Gasteiger partial charge in [-0.2, -0.15) is 0 Å². The number of carbonyl (C=O) groups is 1. The lowest BCUT2D eigenvalue weighted by atomic mass is 9.90.